The van der Waals surface area contributed by atoms with Crippen LogP contribution in [0.3, 0.4) is 0 Å². The Kier molecular flexibility index (Phi) is 6.71. The van der Waals surface area contributed by atoms with Gasteiger partial charge in [0.25, 0.3) is 5.91 Å². The molecule has 1 N–H and O–H groups in total. The third-order valence-electron chi connectivity index (χ3n) is 6.49. The fourth-order valence-electron chi connectivity index (χ4n) is 4.72. The monoisotopic (exact) mass is 448 g/mol. The van der Waals surface area contributed by atoms with E-state index in [0.717, 1.165) is 49.2 Å². The average Bonchev–Trinajstić information content (AvgIpc) is 3.65. The number of nitrogens with one attached hydrogen (secondary N) is 1. The molecule has 0 radical (unpaired) electrons. The van der Waals surface area contributed by atoms with Crippen LogP contribution < -0.4 is 5.32 Å². The van der Waals surface area contributed by atoms with E-state index < -0.39 is 6.10 Å². The number of aryl methyl sites for hydroxylation is 1. The molecular formula is C26H32N4O3. The number of fused-ring (bicyclic) bond motifs is 1. The predicted octanol–water partition coefficient (Wildman–Crippen LogP) is 3.22. The van der Waals surface area contributed by atoms with Crippen molar-refractivity contribution in [2.75, 3.05) is 33.4 Å². The smallest absolute Gasteiger partial charge is 0.253 e. The molecule has 1 aliphatic carbocycles. The van der Waals surface area contributed by atoms with Crippen molar-refractivity contribution in [1.82, 2.24) is 19.8 Å². The summed E-state index contributed by atoms with van der Waals surface area (Å²) in [7, 11) is 1.74. The first-order valence-corrected chi connectivity index (χ1v) is 11.9. The van der Waals surface area contributed by atoms with E-state index in [1.807, 2.05) is 29.3 Å². The number of carbonyl (C=O) groups is 1. The molecule has 1 amide bonds. The normalized spacial score (nSPS) is 18.5. The van der Waals surface area contributed by atoms with Crippen molar-refractivity contribution in [3.05, 3.63) is 54.4 Å². The second kappa shape index (κ2) is 10.0. The molecule has 174 valence electrons. The molecule has 0 bridgehead atoms. The van der Waals surface area contributed by atoms with Crippen molar-refractivity contribution in [1.29, 1.82) is 0 Å². The molecule has 5 rings (SSSR count). The Hall–Kier alpha value is -2.74. The van der Waals surface area contributed by atoms with Gasteiger partial charge >= 0.3 is 0 Å². The van der Waals surface area contributed by atoms with E-state index in [-0.39, 0.29) is 5.91 Å². The SMILES string of the molecule is COCCCn1cc(CN(C(=O)[C@H]2CNCCO2)C2CC2)c2c(-c3ccccn3)cccc21. The number of aromatic nitrogens is 2. The number of hydrogen-bond donors (Lipinski definition) is 1. The zero-order chi connectivity index (χ0) is 22.6. The molecule has 7 nitrogen and oxygen atoms in total. The van der Waals surface area contributed by atoms with Crippen LogP contribution in [0.1, 0.15) is 24.8 Å². The number of pyridine rings is 1. The predicted molar refractivity (Wildman–Crippen MR) is 128 cm³/mol. The molecule has 1 saturated carbocycles. The molecule has 33 heavy (non-hydrogen) atoms. The lowest BCUT2D eigenvalue weighted by Crippen LogP contribution is -2.49. The van der Waals surface area contributed by atoms with Crippen molar-refractivity contribution < 1.29 is 14.3 Å². The Morgan fingerprint density at radius 3 is 2.91 bits per heavy atom. The van der Waals surface area contributed by atoms with Gasteiger partial charge < -0.3 is 24.3 Å². The first-order valence-electron chi connectivity index (χ1n) is 11.9. The molecular weight excluding hydrogens is 416 g/mol. The molecule has 1 aliphatic heterocycles. The topological polar surface area (TPSA) is 68.6 Å². The molecule has 1 saturated heterocycles. The van der Waals surface area contributed by atoms with E-state index in [9.17, 15) is 4.79 Å². The van der Waals surface area contributed by atoms with Gasteiger partial charge in [0, 0.05) is 74.8 Å². The van der Waals surface area contributed by atoms with Crippen LogP contribution >= 0.6 is 0 Å². The van der Waals surface area contributed by atoms with E-state index in [4.69, 9.17) is 9.47 Å². The summed E-state index contributed by atoms with van der Waals surface area (Å²) in [5.41, 5.74) is 4.38. The Balaban J connectivity index is 1.53. The summed E-state index contributed by atoms with van der Waals surface area (Å²) in [6.45, 7) is 4.13. The van der Waals surface area contributed by atoms with Crippen LogP contribution in [0.4, 0.5) is 0 Å². The molecule has 0 spiro atoms. The van der Waals surface area contributed by atoms with E-state index in [1.165, 1.54) is 10.9 Å². The number of carbonyl (C=O) groups excluding carboxylic acids is 1. The maximum atomic E-state index is 13.4. The lowest BCUT2D eigenvalue weighted by molar-refractivity contribution is -0.146. The first kappa shape index (κ1) is 22.1. The van der Waals surface area contributed by atoms with Gasteiger partial charge in [-0.05, 0) is 43.0 Å². The van der Waals surface area contributed by atoms with Crippen LogP contribution in [0.5, 0.6) is 0 Å². The van der Waals surface area contributed by atoms with E-state index in [2.05, 4.69) is 39.3 Å². The van der Waals surface area contributed by atoms with Gasteiger partial charge in [0.2, 0.25) is 0 Å². The third kappa shape index (κ3) is 4.81. The first-order chi connectivity index (χ1) is 16.3. The highest BCUT2D eigenvalue weighted by Crippen LogP contribution is 2.35. The number of amides is 1. The number of morpholine rings is 1. The Morgan fingerprint density at radius 1 is 1.27 bits per heavy atom. The second-order valence-corrected chi connectivity index (χ2v) is 8.87. The van der Waals surface area contributed by atoms with E-state index in [0.29, 0.717) is 32.3 Å². The summed E-state index contributed by atoms with van der Waals surface area (Å²) < 4.78 is 13.4. The highest BCUT2D eigenvalue weighted by atomic mass is 16.5. The Labute approximate surface area is 194 Å². The Morgan fingerprint density at radius 2 is 2.18 bits per heavy atom. The lowest BCUT2D eigenvalue weighted by atomic mass is 10.0. The molecule has 3 heterocycles. The van der Waals surface area contributed by atoms with Crippen molar-refractivity contribution in [3.63, 3.8) is 0 Å². The minimum Gasteiger partial charge on any atom is -0.385 e. The van der Waals surface area contributed by atoms with Gasteiger partial charge in [0.1, 0.15) is 6.10 Å². The highest BCUT2D eigenvalue weighted by Gasteiger charge is 2.37. The largest absolute Gasteiger partial charge is 0.385 e. The van der Waals surface area contributed by atoms with Crippen LogP contribution in [-0.2, 0) is 27.4 Å². The molecule has 0 unspecified atom stereocenters. The van der Waals surface area contributed by atoms with E-state index in [1.54, 1.807) is 7.11 Å². The van der Waals surface area contributed by atoms with Gasteiger partial charge in [0.15, 0.2) is 0 Å². The van der Waals surface area contributed by atoms with Gasteiger partial charge in [-0.3, -0.25) is 9.78 Å². The molecule has 2 aliphatic rings. The minimum atomic E-state index is -0.398. The van der Waals surface area contributed by atoms with E-state index >= 15 is 0 Å². The molecule has 1 aromatic carbocycles. The summed E-state index contributed by atoms with van der Waals surface area (Å²) in [4.78, 5) is 20.1. The molecule has 3 aromatic rings. The van der Waals surface area contributed by atoms with Crippen molar-refractivity contribution in [2.45, 2.75) is 44.5 Å². The fraction of sp³-hybridized carbons (Fsp3) is 0.462. The highest BCUT2D eigenvalue weighted by molar-refractivity contribution is 5.97. The van der Waals surface area contributed by atoms with Crippen LogP contribution in [0, 0.1) is 0 Å². The summed E-state index contributed by atoms with van der Waals surface area (Å²) in [5, 5.41) is 4.47. The standard InChI is InChI=1S/C26H32N4O3/c1-32-14-5-13-29-17-19(18-30(20-9-10-20)26(31)24-16-27-12-15-33-24)25-21(6-4-8-23(25)29)22-7-2-3-11-28-22/h2-4,6-8,11,17,20,24,27H,5,9-10,12-16,18H2,1H3/t24-/m1/s1. The van der Waals surface area contributed by atoms with Gasteiger partial charge in [-0.25, -0.2) is 0 Å². The number of hydrogen-bond acceptors (Lipinski definition) is 5. The summed E-state index contributed by atoms with van der Waals surface area (Å²) in [6, 6.07) is 12.7. The number of benzene rings is 1. The van der Waals surface area contributed by atoms with Crippen LogP contribution in [0.15, 0.2) is 48.8 Å². The van der Waals surface area contributed by atoms with Gasteiger partial charge in [0.05, 0.1) is 12.3 Å². The van der Waals surface area contributed by atoms with Crippen molar-refractivity contribution in [3.8, 4) is 11.3 Å². The number of methoxy groups -OCH3 is 1. The molecule has 2 aromatic heterocycles. The maximum Gasteiger partial charge on any atom is 0.253 e. The minimum absolute atomic E-state index is 0.0975. The van der Waals surface area contributed by atoms with Crippen LogP contribution in [-0.4, -0.2) is 65.9 Å². The van der Waals surface area contributed by atoms with Gasteiger partial charge in [-0.15, -0.1) is 0 Å². The molecule has 7 heteroatoms. The zero-order valence-electron chi connectivity index (χ0n) is 19.2. The summed E-state index contributed by atoms with van der Waals surface area (Å²) in [6.07, 6.45) is 6.70. The zero-order valence-corrected chi connectivity index (χ0v) is 19.2. The van der Waals surface area contributed by atoms with Gasteiger partial charge in [-0.1, -0.05) is 18.2 Å². The lowest BCUT2D eigenvalue weighted by Gasteiger charge is -2.30. The quantitative estimate of drug-likeness (QED) is 0.509. The number of ether oxygens (including phenoxy) is 2. The van der Waals surface area contributed by atoms with Crippen LogP contribution in [0.25, 0.3) is 22.2 Å². The number of rotatable bonds is 9. The number of nitrogens with zero attached hydrogens (tertiary/aromatic N) is 3. The third-order valence-corrected chi connectivity index (χ3v) is 6.49. The Bertz CT molecular complexity index is 1090. The van der Waals surface area contributed by atoms with Gasteiger partial charge in [-0.2, -0.15) is 0 Å². The van der Waals surface area contributed by atoms with Crippen molar-refractivity contribution >= 4 is 16.8 Å². The second-order valence-electron chi connectivity index (χ2n) is 8.87. The average molecular weight is 449 g/mol. The fourth-order valence-corrected chi connectivity index (χ4v) is 4.72. The van der Waals surface area contributed by atoms with Crippen LogP contribution in [0.2, 0.25) is 0 Å². The maximum absolute atomic E-state index is 13.4. The molecule has 1 atom stereocenters. The summed E-state index contributed by atoms with van der Waals surface area (Å²) in [5.74, 6) is 0.0975. The summed E-state index contributed by atoms with van der Waals surface area (Å²) >= 11 is 0. The van der Waals surface area contributed by atoms with Crippen molar-refractivity contribution in [2.24, 2.45) is 0 Å². The molecule has 2 fully saturated rings.